The van der Waals surface area contributed by atoms with Gasteiger partial charge in [0.2, 0.25) is 0 Å². The van der Waals surface area contributed by atoms with E-state index in [1.165, 1.54) is 12.4 Å². The molecule has 0 bridgehead atoms. The summed E-state index contributed by atoms with van der Waals surface area (Å²) >= 11 is 0. The number of fused-ring (bicyclic) bond motifs is 1. The van der Waals surface area contributed by atoms with Crippen molar-refractivity contribution < 1.29 is 9.90 Å². The zero-order valence-electron chi connectivity index (χ0n) is 6.98. The number of aromatic amines is 1. The van der Waals surface area contributed by atoms with Crippen LogP contribution in [0.15, 0.2) is 18.5 Å². The van der Waals surface area contributed by atoms with Gasteiger partial charge in [-0.05, 0) is 6.07 Å². The molecule has 0 aliphatic heterocycles. The summed E-state index contributed by atoms with van der Waals surface area (Å²) in [6.07, 6.45) is 2.71. The molecule has 2 aromatic rings. The average molecular weight is 187 g/mol. The van der Waals surface area contributed by atoms with E-state index in [4.69, 9.17) is 10.4 Å². The van der Waals surface area contributed by atoms with Gasteiger partial charge in [-0.1, -0.05) is 0 Å². The monoisotopic (exact) mass is 187 g/mol. The quantitative estimate of drug-likeness (QED) is 0.700. The van der Waals surface area contributed by atoms with Crippen molar-refractivity contribution in [3.63, 3.8) is 0 Å². The second kappa shape index (κ2) is 2.85. The van der Waals surface area contributed by atoms with E-state index in [0.29, 0.717) is 16.6 Å². The van der Waals surface area contributed by atoms with Gasteiger partial charge in [0, 0.05) is 12.4 Å². The Morgan fingerprint density at radius 2 is 2.43 bits per heavy atom. The molecule has 5 nitrogen and oxygen atoms in total. The predicted octanol–water partition coefficient (Wildman–Crippen LogP) is 1.13. The summed E-state index contributed by atoms with van der Waals surface area (Å²) in [6, 6.07) is 3.49. The van der Waals surface area contributed by atoms with Gasteiger partial charge in [-0.2, -0.15) is 5.26 Å². The molecule has 0 spiro atoms. The highest BCUT2D eigenvalue weighted by Gasteiger charge is 2.11. The number of carbonyl (C=O) groups is 1. The van der Waals surface area contributed by atoms with Gasteiger partial charge in [-0.15, -0.1) is 0 Å². The Morgan fingerprint density at radius 3 is 3.07 bits per heavy atom. The van der Waals surface area contributed by atoms with E-state index >= 15 is 0 Å². The van der Waals surface area contributed by atoms with Crippen molar-refractivity contribution in [2.75, 3.05) is 0 Å². The molecule has 68 valence electrons. The molecule has 2 rings (SSSR count). The molecule has 0 aromatic carbocycles. The number of H-pyrrole nitrogens is 1. The van der Waals surface area contributed by atoms with Crippen LogP contribution in [0.1, 0.15) is 15.9 Å². The maximum absolute atomic E-state index is 10.7. The van der Waals surface area contributed by atoms with Gasteiger partial charge in [0.05, 0.1) is 11.1 Å². The first kappa shape index (κ1) is 8.26. The summed E-state index contributed by atoms with van der Waals surface area (Å²) < 4.78 is 0. The Hall–Kier alpha value is -2.35. The fourth-order valence-corrected chi connectivity index (χ4v) is 1.23. The first-order valence-corrected chi connectivity index (χ1v) is 3.83. The first-order valence-electron chi connectivity index (χ1n) is 3.83. The number of nitrogens with one attached hydrogen (secondary N) is 1. The largest absolute Gasteiger partial charge is 0.478 e. The van der Waals surface area contributed by atoms with Crippen LogP contribution < -0.4 is 0 Å². The fourth-order valence-electron chi connectivity index (χ4n) is 1.23. The van der Waals surface area contributed by atoms with E-state index in [9.17, 15) is 4.79 Å². The lowest BCUT2D eigenvalue weighted by Gasteiger charge is -1.91. The SMILES string of the molecule is N#Cc1cnc2c(C(=O)O)c[nH]c2c1. The van der Waals surface area contributed by atoms with Gasteiger partial charge >= 0.3 is 5.97 Å². The molecule has 0 atom stereocenters. The van der Waals surface area contributed by atoms with Crippen LogP contribution in [-0.4, -0.2) is 21.0 Å². The lowest BCUT2D eigenvalue weighted by Crippen LogP contribution is -1.94. The van der Waals surface area contributed by atoms with Crippen LogP contribution in [0.3, 0.4) is 0 Å². The molecule has 0 saturated heterocycles. The maximum atomic E-state index is 10.7. The van der Waals surface area contributed by atoms with E-state index in [1.807, 2.05) is 6.07 Å². The van der Waals surface area contributed by atoms with Crippen LogP contribution >= 0.6 is 0 Å². The minimum absolute atomic E-state index is 0.115. The number of aromatic carboxylic acids is 1. The second-order valence-electron chi connectivity index (χ2n) is 2.74. The Kier molecular flexibility index (Phi) is 1.68. The summed E-state index contributed by atoms with van der Waals surface area (Å²) in [5.41, 5.74) is 1.44. The standard InChI is InChI=1S/C9H5N3O2/c10-2-5-1-7-8(12-3-5)6(4-11-7)9(13)14/h1,3-4,11H,(H,13,14). The van der Waals surface area contributed by atoms with Crippen molar-refractivity contribution >= 4 is 17.0 Å². The van der Waals surface area contributed by atoms with Gasteiger partial charge in [-0.3, -0.25) is 4.98 Å². The Morgan fingerprint density at radius 1 is 1.64 bits per heavy atom. The molecule has 0 fully saturated rings. The molecule has 2 heterocycles. The predicted molar refractivity (Wildman–Crippen MR) is 47.8 cm³/mol. The van der Waals surface area contributed by atoms with Gasteiger partial charge in [0.25, 0.3) is 0 Å². The van der Waals surface area contributed by atoms with Gasteiger partial charge in [-0.25, -0.2) is 4.79 Å². The summed E-state index contributed by atoms with van der Waals surface area (Å²) in [6.45, 7) is 0. The van der Waals surface area contributed by atoms with E-state index in [1.54, 1.807) is 6.07 Å². The Labute approximate surface area is 78.6 Å². The van der Waals surface area contributed by atoms with Crippen molar-refractivity contribution in [1.29, 1.82) is 5.26 Å². The fraction of sp³-hybridized carbons (Fsp3) is 0. The minimum atomic E-state index is -1.03. The summed E-state index contributed by atoms with van der Waals surface area (Å²) in [5, 5.41) is 17.4. The van der Waals surface area contributed by atoms with E-state index < -0.39 is 5.97 Å². The van der Waals surface area contributed by atoms with Crippen LogP contribution in [0, 0.1) is 11.3 Å². The number of nitrogens with zero attached hydrogens (tertiary/aromatic N) is 2. The third-order valence-electron chi connectivity index (χ3n) is 1.87. The third-order valence-corrected chi connectivity index (χ3v) is 1.87. The van der Waals surface area contributed by atoms with Gasteiger partial charge < -0.3 is 10.1 Å². The normalized spacial score (nSPS) is 9.93. The molecule has 14 heavy (non-hydrogen) atoms. The summed E-state index contributed by atoms with van der Waals surface area (Å²) in [7, 11) is 0. The summed E-state index contributed by atoms with van der Waals surface area (Å²) in [4.78, 5) is 17.4. The van der Waals surface area contributed by atoms with E-state index in [0.717, 1.165) is 0 Å². The molecule has 0 radical (unpaired) electrons. The summed E-state index contributed by atoms with van der Waals surface area (Å²) in [5.74, 6) is -1.03. The molecule has 0 unspecified atom stereocenters. The Balaban J connectivity index is 2.73. The van der Waals surface area contributed by atoms with Crippen LogP contribution in [0.5, 0.6) is 0 Å². The number of nitriles is 1. The molecule has 0 aliphatic rings. The highest BCUT2D eigenvalue weighted by atomic mass is 16.4. The highest BCUT2D eigenvalue weighted by molar-refractivity contribution is 6.01. The van der Waals surface area contributed by atoms with E-state index in [2.05, 4.69) is 9.97 Å². The van der Waals surface area contributed by atoms with Crippen LogP contribution in [0.4, 0.5) is 0 Å². The maximum Gasteiger partial charge on any atom is 0.339 e. The molecular weight excluding hydrogens is 182 g/mol. The molecule has 5 heteroatoms. The lowest BCUT2D eigenvalue weighted by atomic mass is 10.2. The van der Waals surface area contributed by atoms with Crippen LogP contribution in [0.2, 0.25) is 0 Å². The smallest absolute Gasteiger partial charge is 0.339 e. The molecule has 0 saturated carbocycles. The number of aromatic nitrogens is 2. The molecule has 2 aromatic heterocycles. The average Bonchev–Trinajstić information content (AvgIpc) is 2.59. The van der Waals surface area contributed by atoms with Gasteiger partial charge in [0.1, 0.15) is 17.1 Å². The third kappa shape index (κ3) is 1.10. The topological polar surface area (TPSA) is 89.8 Å². The molecule has 0 aliphatic carbocycles. The van der Waals surface area contributed by atoms with Crippen molar-refractivity contribution in [2.24, 2.45) is 0 Å². The molecular formula is C9H5N3O2. The highest BCUT2D eigenvalue weighted by Crippen LogP contribution is 2.16. The molecule has 0 amide bonds. The van der Waals surface area contributed by atoms with Crippen molar-refractivity contribution in [3.8, 4) is 6.07 Å². The number of hydrogen-bond donors (Lipinski definition) is 2. The van der Waals surface area contributed by atoms with Crippen molar-refractivity contribution in [3.05, 3.63) is 29.6 Å². The number of pyridine rings is 1. The van der Waals surface area contributed by atoms with Crippen LogP contribution in [0.25, 0.3) is 11.0 Å². The Bertz CT molecular complexity index is 551. The first-order chi connectivity index (χ1) is 6.72. The number of carboxylic acids is 1. The number of carboxylic acid groups (broad SMARTS) is 1. The minimum Gasteiger partial charge on any atom is -0.478 e. The number of rotatable bonds is 1. The number of hydrogen-bond acceptors (Lipinski definition) is 3. The van der Waals surface area contributed by atoms with Crippen molar-refractivity contribution in [1.82, 2.24) is 9.97 Å². The van der Waals surface area contributed by atoms with Crippen LogP contribution in [-0.2, 0) is 0 Å². The van der Waals surface area contributed by atoms with Crippen molar-refractivity contribution in [2.45, 2.75) is 0 Å². The zero-order chi connectivity index (χ0) is 10.1. The zero-order valence-corrected chi connectivity index (χ0v) is 6.98. The van der Waals surface area contributed by atoms with E-state index in [-0.39, 0.29) is 5.56 Å². The lowest BCUT2D eigenvalue weighted by molar-refractivity contribution is 0.0699. The van der Waals surface area contributed by atoms with Gasteiger partial charge in [0.15, 0.2) is 0 Å². The second-order valence-corrected chi connectivity index (χ2v) is 2.74. The molecule has 2 N–H and O–H groups in total.